The minimum atomic E-state index is 0.153. The SMILES string of the molecule is CCCC[C@]1(CC)CSc2cc(Br)c(OC)cc2[C@H](c2ccccc2)N1. The molecule has 0 unspecified atom stereocenters. The van der Waals surface area contributed by atoms with Crippen LogP contribution in [0.15, 0.2) is 51.8 Å². The molecule has 4 heteroatoms. The summed E-state index contributed by atoms with van der Waals surface area (Å²) in [5, 5.41) is 4.07. The van der Waals surface area contributed by atoms with Crippen molar-refractivity contribution in [1.82, 2.24) is 5.32 Å². The zero-order valence-electron chi connectivity index (χ0n) is 15.8. The van der Waals surface area contributed by atoms with Crippen LogP contribution in [0.4, 0.5) is 0 Å². The summed E-state index contributed by atoms with van der Waals surface area (Å²) in [6.45, 7) is 4.59. The van der Waals surface area contributed by atoms with Crippen molar-refractivity contribution in [2.24, 2.45) is 0 Å². The summed E-state index contributed by atoms with van der Waals surface area (Å²) in [6.07, 6.45) is 4.83. The minimum absolute atomic E-state index is 0.153. The maximum absolute atomic E-state index is 5.60. The molecule has 0 saturated carbocycles. The highest BCUT2D eigenvalue weighted by molar-refractivity contribution is 9.10. The molecule has 2 aromatic carbocycles. The van der Waals surface area contributed by atoms with E-state index < -0.39 is 0 Å². The second kappa shape index (κ2) is 8.81. The molecule has 0 saturated heterocycles. The molecule has 2 nitrogen and oxygen atoms in total. The molecule has 1 N–H and O–H groups in total. The summed E-state index contributed by atoms with van der Waals surface area (Å²) in [6, 6.07) is 15.4. The molecule has 26 heavy (non-hydrogen) atoms. The first kappa shape index (κ1) is 19.8. The van der Waals surface area contributed by atoms with E-state index >= 15 is 0 Å². The van der Waals surface area contributed by atoms with Crippen LogP contribution in [0.5, 0.6) is 5.75 Å². The highest BCUT2D eigenvalue weighted by Gasteiger charge is 2.35. The summed E-state index contributed by atoms with van der Waals surface area (Å²) >= 11 is 5.64. The Balaban J connectivity index is 2.09. The van der Waals surface area contributed by atoms with Crippen molar-refractivity contribution in [3.63, 3.8) is 0 Å². The molecule has 140 valence electrons. The smallest absolute Gasteiger partial charge is 0.133 e. The molecular weight excluding hydrogens is 406 g/mol. The van der Waals surface area contributed by atoms with Crippen LogP contribution in [0.1, 0.15) is 56.7 Å². The largest absolute Gasteiger partial charge is 0.496 e. The normalized spacial score (nSPS) is 22.5. The van der Waals surface area contributed by atoms with E-state index in [1.54, 1.807) is 7.11 Å². The van der Waals surface area contributed by atoms with E-state index in [1.165, 1.54) is 35.3 Å². The van der Waals surface area contributed by atoms with E-state index in [1.807, 2.05) is 11.8 Å². The second-order valence-electron chi connectivity index (χ2n) is 7.04. The topological polar surface area (TPSA) is 21.3 Å². The molecule has 1 aliphatic heterocycles. The third-order valence-corrected chi connectivity index (χ3v) is 7.35. The van der Waals surface area contributed by atoms with Crippen LogP contribution in [0, 0.1) is 0 Å². The zero-order chi connectivity index (χ0) is 18.6. The molecule has 0 spiro atoms. The molecule has 0 aromatic heterocycles. The van der Waals surface area contributed by atoms with Gasteiger partial charge in [0.05, 0.1) is 17.6 Å². The summed E-state index contributed by atoms with van der Waals surface area (Å²) in [4.78, 5) is 1.34. The van der Waals surface area contributed by atoms with Crippen LogP contribution in [0.25, 0.3) is 0 Å². The van der Waals surface area contributed by atoms with Gasteiger partial charge in [-0.3, -0.25) is 5.32 Å². The van der Waals surface area contributed by atoms with Crippen LogP contribution in [0.3, 0.4) is 0 Å². The van der Waals surface area contributed by atoms with Crippen molar-refractivity contribution < 1.29 is 4.74 Å². The molecule has 0 radical (unpaired) electrons. The summed E-state index contributed by atoms with van der Waals surface area (Å²) < 4.78 is 6.62. The van der Waals surface area contributed by atoms with Crippen molar-refractivity contribution in [1.29, 1.82) is 0 Å². The highest BCUT2D eigenvalue weighted by atomic mass is 79.9. The van der Waals surface area contributed by atoms with Gasteiger partial charge in [0, 0.05) is 16.2 Å². The summed E-state index contributed by atoms with van der Waals surface area (Å²) in [5.41, 5.74) is 2.78. The zero-order valence-corrected chi connectivity index (χ0v) is 18.3. The van der Waals surface area contributed by atoms with Gasteiger partial charge in [0.2, 0.25) is 0 Å². The highest BCUT2D eigenvalue weighted by Crippen LogP contribution is 2.44. The van der Waals surface area contributed by atoms with Gasteiger partial charge in [-0.2, -0.15) is 0 Å². The molecule has 0 fully saturated rings. The van der Waals surface area contributed by atoms with Gasteiger partial charge in [-0.15, -0.1) is 11.8 Å². The molecule has 2 atom stereocenters. The predicted octanol–water partition coefficient (Wildman–Crippen LogP) is 6.58. The summed E-state index contributed by atoms with van der Waals surface area (Å²) in [5.74, 6) is 1.99. The Hall–Kier alpha value is -0.970. The first-order chi connectivity index (χ1) is 12.6. The standard InChI is InChI=1S/C22H28BrNOS/c1-4-6-12-22(5-2)15-26-20-14-18(23)19(25-3)13-17(20)21(24-22)16-10-8-7-9-11-16/h7-11,13-14,21,24H,4-6,12,15H2,1-3H3/t21-,22+/m0/s1. The fourth-order valence-corrected chi connectivity index (χ4v) is 5.71. The second-order valence-corrected chi connectivity index (χ2v) is 8.91. The van der Waals surface area contributed by atoms with Gasteiger partial charge in [0.1, 0.15) is 5.75 Å². The lowest BCUT2D eigenvalue weighted by Crippen LogP contribution is -2.48. The lowest BCUT2D eigenvalue weighted by Gasteiger charge is -2.36. The maximum atomic E-state index is 5.60. The summed E-state index contributed by atoms with van der Waals surface area (Å²) in [7, 11) is 1.73. The Morgan fingerprint density at radius 2 is 2.00 bits per heavy atom. The Bertz CT molecular complexity index is 736. The van der Waals surface area contributed by atoms with Crippen molar-refractivity contribution in [3.8, 4) is 5.75 Å². The Kier molecular flexibility index (Phi) is 6.70. The number of thioether (sulfide) groups is 1. The lowest BCUT2D eigenvalue weighted by molar-refractivity contribution is 0.297. The molecule has 1 aliphatic rings. The minimum Gasteiger partial charge on any atom is -0.496 e. The predicted molar refractivity (Wildman–Crippen MR) is 115 cm³/mol. The molecule has 0 bridgehead atoms. The maximum Gasteiger partial charge on any atom is 0.133 e. The molecular formula is C22H28BrNOS. The van der Waals surface area contributed by atoms with Crippen molar-refractivity contribution in [3.05, 3.63) is 58.1 Å². The van der Waals surface area contributed by atoms with Gasteiger partial charge in [-0.1, -0.05) is 57.0 Å². The molecule has 0 amide bonds. The number of halogens is 1. The van der Waals surface area contributed by atoms with Gasteiger partial charge in [-0.25, -0.2) is 0 Å². The van der Waals surface area contributed by atoms with E-state index in [4.69, 9.17) is 4.74 Å². The van der Waals surface area contributed by atoms with Crippen molar-refractivity contribution in [2.45, 2.75) is 56.0 Å². The van der Waals surface area contributed by atoms with Crippen LogP contribution >= 0.6 is 27.7 Å². The Morgan fingerprint density at radius 1 is 1.23 bits per heavy atom. The quantitative estimate of drug-likeness (QED) is 0.555. The van der Waals surface area contributed by atoms with E-state index in [2.05, 4.69) is 77.6 Å². The van der Waals surface area contributed by atoms with Gasteiger partial charge < -0.3 is 4.74 Å². The van der Waals surface area contributed by atoms with E-state index in [0.717, 1.165) is 22.4 Å². The number of methoxy groups -OCH3 is 1. The van der Waals surface area contributed by atoms with Crippen LogP contribution in [-0.4, -0.2) is 18.4 Å². The molecule has 3 rings (SSSR count). The van der Waals surface area contributed by atoms with Crippen molar-refractivity contribution in [2.75, 3.05) is 12.9 Å². The van der Waals surface area contributed by atoms with E-state index in [9.17, 15) is 0 Å². The van der Waals surface area contributed by atoms with Gasteiger partial charge >= 0.3 is 0 Å². The monoisotopic (exact) mass is 433 g/mol. The number of benzene rings is 2. The number of unbranched alkanes of at least 4 members (excludes halogenated alkanes) is 1. The van der Waals surface area contributed by atoms with Gasteiger partial charge in [0.15, 0.2) is 0 Å². The van der Waals surface area contributed by atoms with Gasteiger partial charge in [0.25, 0.3) is 0 Å². The number of hydrogen-bond donors (Lipinski definition) is 1. The van der Waals surface area contributed by atoms with Crippen LogP contribution in [0.2, 0.25) is 0 Å². The number of ether oxygens (including phenoxy) is 1. The van der Waals surface area contributed by atoms with E-state index in [-0.39, 0.29) is 11.6 Å². The third-order valence-electron chi connectivity index (χ3n) is 5.37. The average molecular weight is 434 g/mol. The fourth-order valence-electron chi connectivity index (χ4n) is 3.65. The number of fused-ring (bicyclic) bond motifs is 1. The number of nitrogens with one attached hydrogen (secondary N) is 1. The first-order valence-electron chi connectivity index (χ1n) is 9.45. The van der Waals surface area contributed by atoms with Crippen LogP contribution < -0.4 is 10.1 Å². The Morgan fingerprint density at radius 3 is 2.65 bits per heavy atom. The fraction of sp³-hybridized carbons (Fsp3) is 0.455. The van der Waals surface area contributed by atoms with Crippen molar-refractivity contribution >= 4 is 27.7 Å². The molecule has 0 aliphatic carbocycles. The average Bonchev–Trinajstić information content (AvgIpc) is 2.84. The number of rotatable bonds is 6. The van der Waals surface area contributed by atoms with Crippen LogP contribution in [-0.2, 0) is 0 Å². The lowest BCUT2D eigenvalue weighted by atomic mass is 9.88. The third kappa shape index (κ3) is 4.13. The van der Waals surface area contributed by atoms with E-state index in [0.29, 0.717) is 0 Å². The first-order valence-corrected chi connectivity index (χ1v) is 11.2. The van der Waals surface area contributed by atoms with Gasteiger partial charge in [-0.05, 0) is 52.0 Å². The molecule has 2 aromatic rings. The molecule has 1 heterocycles. The Labute approximate surface area is 170 Å². The number of hydrogen-bond acceptors (Lipinski definition) is 3.